The van der Waals surface area contributed by atoms with Crippen molar-refractivity contribution in [3.8, 4) is 34.5 Å². The maximum atomic E-state index is 13.6. The highest BCUT2D eigenvalue weighted by molar-refractivity contribution is 6.30. The number of carbonyl (C=O) groups excluding carboxylic acids is 5. The average Bonchev–Trinajstić information content (AvgIpc) is 4.04. The van der Waals surface area contributed by atoms with Crippen molar-refractivity contribution >= 4 is 52.2 Å². The predicted molar refractivity (Wildman–Crippen MR) is 244 cm³/mol. The summed E-state index contributed by atoms with van der Waals surface area (Å²) in [6.45, 7) is 2.68. The van der Waals surface area contributed by atoms with Crippen LogP contribution in [0.25, 0.3) is 10.9 Å². The molecule has 0 bridgehead atoms. The maximum Gasteiger partial charge on any atom is 0.310 e. The van der Waals surface area contributed by atoms with Gasteiger partial charge in [-0.15, -0.1) is 0 Å². The molecule has 2 N–H and O–H groups in total. The number of amides is 2. The van der Waals surface area contributed by atoms with E-state index in [1.54, 1.807) is 60.2 Å². The predicted octanol–water partition coefficient (Wildman–Crippen LogP) is 7.00. The van der Waals surface area contributed by atoms with Gasteiger partial charge in [0, 0.05) is 58.6 Å². The molecule has 4 aromatic carbocycles. The second kappa shape index (κ2) is 20.3. The number of nitrogens with one attached hydrogen (secondary N) is 2. The van der Waals surface area contributed by atoms with E-state index in [0.29, 0.717) is 98.9 Å². The van der Waals surface area contributed by atoms with Crippen molar-refractivity contribution in [1.29, 1.82) is 0 Å². The van der Waals surface area contributed by atoms with Gasteiger partial charge in [0.2, 0.25) is 24.4 Å². The van der Waals surface area contributed by atoms with E-state index in [1.807, 2.05) is 25.1 Å². The number of aromatic nitrogens is 1. The number of fused-ring (bicyclic) bond motifs is 4. The monoisotopic (exact) mass is 937 g/mol. The van der Waals surface area contributed by atoms with E-state index < -0.39 is 35.8 Å². The van der Waals surface area contributed by atoms with Crippen LogP contribution in [0.2, 0.25) is 5.02 Å². The summed E-state index contributed by atoms with van der Waals surface area (Å²) in [5.41, 5.74) is 4.55. The molecule has 8 rings (SSSR count). The molecule has 0 unspecified atom stereocenters. The Morgan fingerprint density at radius 1 is 0.761 bits per heavy atom. The zero-order chi connectivity index (χ0) is 47.4. The van der Waals surface area contributed by atoms with Gasteiger partial charge < -0.3 is 48.5 Å². The van der Waals surface area contributed by atoms with Gasteiger partial charge in [-0.3, -0.25) is 28.5 Å². The number of hydrogen-bond donors (Lipinski definition) is 2. The van der Waals surface area contributed by atoms with Crippen LogP contribution < -0.4 is 39.1 Å². The molecule has 5 aromatic rings. The zero-order valence-corrected chi connectivity index (χ0v) is 38.6. The molecule has 16 nitrogen and oxygen atoms in total. The molecule has 1 aromatic heterocycles. The number of rotatable bonds is 18. The third kappa shape index (κ3) is 9.53. The Morgan fingerprint density at radius 2 is 1.43 bits per heavy atom. The summed E-state index contributed by atoms with van der Waals surface area (Å²) in [6.07, 6.45) is 0.980. The van der Waals surface area contributed by atoms with Crippen LogP contribution in [0.4, 0.5) is 0 Å². The van der Waals surface area contributed by atoms with Gasteiger partial charge in [0.05, 0.1) is 59.3 Å². The Labute approximate surface area is 392 Å². The molecule has 352 valence electrons. The molecule has 3 heterocycles. The third-order valence-corrected chi connectivity index (χ3v) is 12.9. The first-order valence-corrected chi connectivity index (χ1v) is 22.4. The van der Waals surface area contributed by atoms with Gasteiger partial charge in [-0.1, -0.05) is 11.6 Å². The molecule has 3 aliphatic rings. The minimum absolute atomic E-state index is 0.0141. The molecule has 4 atom stereocenters. The van der Waals surface area contributed by atoms with Crippen molar-refractivity contribution in [3.05, 3.63) is 105 Å². The van der Waals surface area contributed by atoms with E-state index in [1.165, 1.54) is 21.3 Å². The van der Waals surface area contributed by atoms with Crippen molar-refractivity contribution in [1.82, 2.24) is 15.2 Å². The van der Waals surface area contributed by atoms with Gasteiger partial charge >= 0.3 is 11.9 Å². The highest BCUT2D eigenvalue weighted by atomic mass is 35.5. The molecule has 67 heavy (non-hydrogen) atoms. The molecular weight excluding hydrogens is 886 g/mol. The second-order valence-corrected chi connectivity index (χ2v) is 17.0. The lowest BCUT2D eigenvalue weighted by Gasteiger charge is -2.38. The summed E-state index contributed by atoms with van der Waals surface area (Å²) in [6, 6.07) is 19.3. The van der Waals surface area contributed by atoms with Gasteiger partial charge in [0.25, 0.3) is 5.91 Å². The fourth-order valence-corrected chi connectivity index (χ4v) is 9.48. The van der Waals surface area contributed by atoms with Crippen molar-refractivity contribution in [2.45, 2.75) is 57.5 Å². The first kappa shape index (κ1) is 46.6. The van der Waals surface area contributed by atoms with Crippen LogP contribution in [0.3, 0.4) is 0 Å². The van der Waals surface area contributed by atoms with Crippen LogP contribution in [-0.2, 0) is 35.1 Å². The molecule has 0 saturated carbocycles. The van der Waals surface area contributed by atoms with Crippen molar-refractivity contribution in [3.63, 3.8) is 0 Å². The molecule has 2 amide bonds. The van der Waals surface area contributed by atoms with E-state index in [2.05, 4.69) is 10.6 Å². The summed E-state index contributed by atoms with van der Waals surface area (Å²) in [7, 11) is 6.11. The van der Waals surface area contributed by atoms with Crippen LogP contribution in [-0.4, -0.2) is 89.2 Å². The van der Waals surface area contributed by atoms with Crippen LogP contribution in [0, 0.1) is 18.8 Å². The van der Waals surface area contributed by atoms with E-state index in [0.717, 1.165) is 17.4 Å². The lowest BCUT2D eigenvalue weighted by Crippen LogP contribution is -2.36. The zero-order valence-electron chi connectivity index (χ0n) is 37.9. The number of esters is 2. The molecule has 1 fully saturated rings. The van der Waals surface area contributed by atoms with Gasteiger partial charge in [-0.25, -0.2) is 0 Å². The van der Waals surface area contributed by atoms with E-state index in [-0.39, 0.29) is 50.4 Å². The van der Waals surface area contributed by atoms with Crippen LogP contribution >= 0.6 is 11.6 Å². The van der Waals surface area contributed by atoms with Gasteiger partial charge in [-0.05, 0) is 110 Å². The lowest BCUT2D eigenvalue weighted by atomic mass is 9.66. The van der Waals surface area contributed by atoms with Crippen molar-refractivity contribution in [2.75, 3.05) is 54.9 Å². The molecular formula is C50H52ClN3O13. The lowest BCUT2D eigenvalue weighted by molar-refractivity contribution is -0.155. The van der Waals surface area contributed by atoms with Crippen LogP contribution in [0.1, 0.15) is 82.4 Å². The Hall–Kier alpha value is -6.94. The number of unbranched alkanes of at least 4 members (excludes halogenated alkanes) is 2. The van der Waals surface area contributed by atoms with Crippen LogP contribution in [0.15, 0.2) is 66.7 Å². The quantitative estimate of drug-likeness (QED) is 0.0676. The summed E-state index contributed by atoms with van der Waals surface area (Å²) in [5.74, 6) is -0.782. The highest BCUT2D eigenvalue weighted by Crippen LogP contribution is 2.56. The number of methoxy groups -OCH3 is 4. The maximum absolute atomic E-state index is 13.6. The number of hydrogen-bond acceptors (Lipinski definition) is 13. The fraction of sp³-hybridized carbons (Fsp3) is 0.380. The topological polar surface area (TPSA) is 188 Å². The molecule has 1 saturated heterocycles. The average molecular weight is 938 g/mol. The second-order valence-electron chi connectivity index (χ2n) is 16.5. The largest absolute Gasteiger partial charge is 0.497 e. The third-order valence-electron chi connectivity index (χ3n) is 12.7. The van der Waals surface area contributed by atoms with Gasteiger partial charge in [-0.2, -0.15) is 0 Å². The Morgan fingerprint density at radius 3 is 2.09 bits per heavy atom. The van der Waals surface area contributed by atoms with Crippen LogP contribution in [0.5, 0.6) is 34.5 Å². The van der Waals surface area contributed by atoms with E-state index in [9.17, 15) is 24.0 Å². The number of nitrogens with zero attached hydrogens (tertiary/aromatic N) is 1. The molecule has 2 aliphatic heterocycles. The molecule has 1 aliphatic carbocycles. The number of halogens is 1. The number of benzene rings is 4. The first-order chi connectivity index (χ1) is 32.4. The van der Waals surface area contributed by atoms with Gasteiger partial charge in [0.1, 0.15) is 11.9 Å². The van der Waals surface area contributed by atoms with Crippen molar-refractivity contribution in [2.24, 2.45) is 11.8 Å². The Kier molecular flexibility index (Phi) is 14.1. The smallest absolute Gasteiger partial charge is 0.310 e. The highest BCUT2D eigenvalue weighted by Gasteiger charge is 2.54. The minimum Gasteiger partial charge on any atom is -0.497 e. The van der Waals surface area contributed by atoms with Gasteiger partial charge in [0.15, 0.2) is 23.0 Å². The standard InChI is InChI=1S/C50H52ClN3O13/c1-27-32(33-21-31(60-2)13-14-37(33)54(27)49(58)28-9-11-30(51)12-10-28)24-43(56)53-18-8-6-7-17-52-42(55)15-16-44(57)67-47-35-23-39-38(65-26-66-39)22-34(35)45(46-36(47)25-64-50(46)59)29-19-40(61-3)48(63-5)41(20-29)62-4/h9-14,19-23,36,45-47H,6-8,15-18,24-26H2,1-5H3,(H,52,55)(H,53,56)/t36-,45+,46-,47-/m1/s1. The summed E-state index contributed by atoms with van der Waals surface area (Å²) in [4.78, 5) is 66.7. The van der Waals surface area contributed by atoms with E-state index in [4.69, 9.17) is 49.5 Å². The summed E-state index contributed by atoms with van der Waals surface area (Å²) < 4.78 is 47.1. The van der Waals surface area contributed by atoms with E-state index >= 15 is 0 Å². The van der Waals surface area contributed by atoms with Crippen molar-refractivity contribution < 1.29 is 61.9 Å². The molecule has 17 heteroatoms. The summed E-state index contributed by atoms with van der Waals surface area (Å²) >= 11 is 6.06. The first-order valence-electron chi connectivity index (χ1n) is 22.1. The fourth-order valence-electron chi connectivity index (χ4n) is 9.35. The Bertz CT molecular complexity index is 2690. The number of carbonyl (C=O) groups is 5. The number of cyclic esters (lactones) is 1. The Balaban J connectivity index is 0.829. The number of ether oxygens (including phenoxy) is 8. The molecule has 0 radical (unpaired) electrons. The normalized spacial score (nSPS) is 17.8. The SMILES string of the molecule is COc1ccc2c(c1)c(CC(=O)NCCCCCNC(=O)CCC(=O)O[C@@H]1c3cc4c(cc3[C@H](c3cc(OC)c(OC)c(OC)c3)[C@@H]3C(=O)OC[C@H]31)OCO4)c(C)n2C(=O)c1ccc(Cl)cc1. The summed E-state index contributed by atoms with van der Waals surface area (Å²) in [5, 5.41) is 7.12. The minimum atomic E-state index is -0.868. The molecule has 0 spiro atoms.